The second-order valence-electron chi connectivity index (χ2n) is 7.24. The van der Waals surface area contributed by atoms with Gasteiger partial charge in [-0.05, 0) is 31.9 Å². The molecule has 0 saturated carbocycles. The summed E-state index contributed by atoms with van der Waals surface area (Å²) in [5.41, 5.74) is 0.751. The predicted octanol–water partition coefficient (Wildman–Crippen LogP) is -1.47. The Bertz CT molecular complexity index is 749. The van der Waals surface area contributed by atoms with Gasteiger partial charge in [-0.1, -0.05) is 30.3 Å². The van der Waals surface area contributed by atoms with Crippen molar-refractivity contribution in [1.82, 2.24) is 21.3 Å². The molecular weight excluding hydrogens is 392 g/mol. The minimum Gasteiger partial charge on any atom is -0.480 e. The van der Waals surface area contributed by atoms with Gasteiger partial charge in [0.2, 0.25) is 17.7 Å². The molecule has 4 atom stereocenters. The molecule has 1 aromatic carbocycles. The molecule has 2 rings (SSSR count). The summed E-state index contributed by atoms with van der Waals surface area (Å²) in [7, 11) is 0. The van der Waals surface area contributed by atoms with Crippen LogP contribution in [0.25, 0.3) is 0 Å². The van der Waals surface area contributed by atoms with Gasteiger partial charge in [-0.25, -0.2) is 0 Å². The molecule has 0 spiro atoms. The Balaban J connectivity index is 2.09. The van der Waals surface area contributed by atoms with E-state index in [0.717, 1.165) is 12.0 Å². The van der Waals surface area contributed by atoms with Crippen molar-refractivity contribution in [1.29, 1.82) is 0 Å². The summed E-state index contributed by atoms with van der Waals surface area (Å²) in [5, 5.41) is 29.1. The first-order valence-corrected chi connectivity index (χ1v) is 9.83. The molecule has 0 aromatic heterocycles. The molecule has 10 heteroatoms. The van der Waals surface area contributed by atoms with Gasteiger partial charge in [0.1, 0.15) is 18.6 Å². The van der Waals surface area contributed by atoms with Crippen LogP contribution in [0.15, 0.2) is 30.3 Å². The van der Waals surface area contributed by atoms with Gasteiger partial charge in [0.05, 0.1) is 12.1 Å². The number of aliphatic hydroxyl groups excluding tert-OH is 1. The average Bonchev–Trinajstić information content (AvgIpc) is 3.25. The van der Waals surface area contributed by atoms with E-state index in [9.17, 15) is 24.3 Å². The fourth-order valence-electron chi connectivity index (χ4n) is 3.17. The van der Waals surface area contributed by atoms with Crippen LogP contribution in [-0.4, -0.2) is 71.2 Å². The molecule has 1 heterocycles. The highest BCUT2D eigenvalue weighted by molar-refractivity contribution is 5.94. The molecule has 0 aliphatic carbocycles. The Kier molecular flexibility index (Phi) is 8.75. The van der Waals surface area contributed by atoms with E-state index < -0.39 is 54.5 Å². The molecule has 4 unspecified atom stereocenters. The fraction of sp³-hybridized carbons (Fsp3) is 0.500. The lowest BCUT2D eigenvalue weighted by molar-refractivity contribution is -0.138. The minimum absolute atomic E-state index is 0.114. The Morgan fingerprint density at radius 3 is 2.40 bits per heavy atom. The van der Waals surface area contributed by atoms with Gasteiger partial charge in [0, 0.05) is 6.42 Å². The molecule has 6 N–H and O–H groups in total. The molecule has 1 fully saturated rings. The molecule has 164 valence electrons. The Labute approximate surface area is 174 Å². The van der Waals surface area contributed by atoms with Crippen LogP contribution in [0.4, 0.5) is 0 Å². The predicted molar refractivity (Wildman–Crippen MR) is 107 cm³/mol. The van der Waals surface area contributed by atoms with Crippen LogP contribution in [0.3, 0.4) is 0 Å². The largest absolute Gasteiger partial charge is 0.480 e. The van der Waals surface area contributed by atoms with Crippen LogP contribution in [0.1, 0.15) is 25.3 Å². The van der Waals surface area contributed by atoms with Crippen LogP contribution in [-0.2, 0) is 25.6 Å². The van der Waals surface area contributed by atoms with Crippen molar-refractivity contribution in [2.75, 3.05) is 13.1 Å². The Morgan fingerprint density at radius 2 is 1.83 bits per heavy atom. The van der Waals surface area contributed by atoms with Gasteiger partial charge in [-0.2, -0.15) is 0 Å². The first kappa shape index (κ1) is 23.3. The molecule has 30 heavy (non-hydrogen) atoms. The number of amides is 3. The van der Waals surface area contributed by atoms with Gasteiger partial charge >= 0.3 is 5.97 Å². The van der Waals surface area contributed by atoms with Gasteiger partial charge in [-0.3, -0.25) is 19.2 Å². The van der Waals surface area contributed by atoms with E-state index in [4.69, 9.17) is 5.11 Å². The maximum absolute atomic E-state index is 12.8. The van der Waals surface area contributed by atoms with Crippen LogP contribution < -0.4 is 21.3 Å². The quantitative estimate of drug-likeness (QED) is 0.270. The van der Waals surface area contributed by atoms with Crippen LogP contribution in [0.2, 0.25) is 0 Å². The zero-order valence-electron chi connectivity index (χ0n) is 16.8. The summed E-state index contributed by atoms with van der Waals surface area (Å²) in [4.78, 5) is 48.3. The summed E-state index contributed by atoms with van der Waals surface area (Å²) in [6, 6.07) is 6.11. The highest BCUT2D eigenvalue weighted by atomic mass is 16.4. The van der Waals surface area contributed by atoms with Crippen LogP contribution >= 0.6 is 0 Å². The fourth-order valence-corrected chi connectivity index (χ4v) is 3.17. The van der Waals surface area contributed by atoms with Crippen LogP contribution in [0, 0.1) is 0 Å². The van der Waals surface area contributed by atoms with Gasteiger partial charge in [0.15, 0.2) is 0 Å². The lowest BCUT2D eigenvalue weighted by Gasteiger charge is -2.25. The van der Waals surface area contributed by atoms with Crippen molar-refractivity contribution >= 4 is 23.7 Å². The van der Waals surface area contributed by atoms with E-state index in [-0.39, 0.29) is 6.42 Å². The van der Waals surface area contributed by atoms with Gasteiger partial charge in [-0.15, -0.1) is 0 Å². The topological polar surface area (TPSA) is 157 Å². The molecule has 0 bridgehead atoms. The highest BCUT2D eigenvalue weighted by Gasteiger charge is 2.32. The second kappa shape index (κ2) is 11.3. The molecule has 10 nitrogen and oxygen atoms in total. The number of rotatable bonds is 10. The van der Waals surface area contributed by atoms with Crippen LogP contribution in [0.5, 0.6) is 0 Å². The molecule has 3 amide bonds. The van der Waals surface area contributed by atoms with Gasteiger partial charge < -0.3 is 31.5 Å². The highest BCUT2D eigenvalue weighted by Crippen LogP contribution is 2.07. The van der Waals surface area contributed by atoms with E-state index in [1.165, 1.54) is 6.92 Å². The maximum Gasteiger partial charge on any atom is 0.322 e. The number of aliphatic carboxylic acids is 1. The number of benzene rings is 1. The molecular formula is C20H28N4O6. The number of carboxylic acid groups (broad SMARTS) is 1. The number of carbonyl (C=O) groups is 4. The third-order valence-corrected chi connectivity index (χ3v) is 4.77. The standard InChI is InChI=1S/C20H28N4O6/c1-12(25)17(24-19(29)14-8-5-9-21-14)20(30)23-15(18(28)22-11-16(26)27)10-13-6-3-2-4-7-13/h2-4,6-7,12,14-15,17,21,25H,5,8-11H2,1H3,(H,22,28)(H,23,30)(H,24,29)(H,26,27). The lowest BCUT2D eigenvalue weighted by atomic mass is 10.0. The van der Waals surface area contributed by atoms with E-state index in [1.54, 1.807) is 30.3 Å². The smallest absolute Gasteiger partial charge is 0.322 e. The monoisotopic (exact) mass is 420 g/mol. The van der Waals surface area contributed by atoms with E-state index >= 15 is 0 Å². The zero-order valence-corrected chi connectivity index (χ0v) is 16.8. The summed E-state index contributed by atoms with van der Waals surface area (Å²) in [5.74, 6) is -3.03. The summed E-state index contributed by atoms with van der Waals surface area (Å²) in [6.07, 6.45) is 0.387. The van der Waals surface area contributed by atoms with Crippen molar-refractivity contribution in [3.63, 3.8) is 0 Å². The third kappa shape index (κ3) is 7.12. The first-order chi connectivity index (χ1) is 14.3. The SMILES string of the molecule is CC(O)C(NC(=O)C1CCCN1)C(=O)NC(Cc1ccccc1)C(=O)NCC(=O)O. The van der Waals surface area contributed by atoms with E-state index in [0.29, 0.717) is 13.0 Å². The Hall–Kier alpha value is -2.98. The number of hydrogen-bond acceptors (Lipinski definition) is 6. The van der Waals surface area contributed by atoms with E-state index in [1.807, 2.05) is 0 Å². The number of aliphatic hydroxyl groups is 1. The summed E-state index contributed by atoms with van der Waals surface area (Å²) >= 11 is 0. The van der Waals surface area contributed by atoms with Crippen molar-refractivity contribution in [2.24, 2.45) is 0 Å². The van der Waals surface area contributed by atoms with Crippen molar-refractivity contribution in [2.45, 2.75) is 50.4 Å². The van der Waals surface area contributed by atoms with Crippen molar-refractivity contribution in [3.05, 3.63) is 35.9 Å². The molecule has 1 saturated heterocycles. The maximum atomic E-state index is 12.8. The summed E-state index contributed by atoms with van der Waals surface area (Å²) < 4.78 is 0. The lowest BCUT2D eigenvalue weighted by Crippen LogP contribution is -2.59. The number of carbonyl (C=O) groups excluding carboxylic acids is 3. The summed E-state index contributed by atoms with van der Waals surface area (Å²) in [6.45, 7) is 1.47. The molecule has 1 aromatic rings. The second-order valence-corrected chi connectivity index (χ2v) is 7.24. The average molecular weight is 420 g/mol. The number of hydrogen-bond donors (Lipinski definition) is 6. The van der Waals surface area contributed by atoms with Gasteiger partial charge in [0.25, 0.3) is 0 Å². The first-order valence-electron chi connectivity index (χ1n) is 9.83. The van der Waals surface area contributed by atoms with Crippen molar-refractivity contribution in [3.8, 4) is 0 Å². The molecule has 0 radical (unpaired) electrons. The molecule has 1 aliphatic heterocycles. The van der Waals surface area contributed by atoms with E-state index in [2.05, 4.69) is 21.3 Å². The number of nitrogens with one attached hydrogen (secondary N) is 4. The van der Waals surface area contributed by atoms with Crippen molar-refractivity contribution < 1.29 is 29.4 Å². The molecule has 1 aliphatic rings. The third-order valence-electron chi connectivity index (χ3n) is 4.77. The number of carboxylic acids is 1. The zero-order chi connectivity index (χ0) is 22.1. The minimum atomic E-state index is -1.26. The normalized spacial score (nSPS) is 18.7. The Morgan fingerprint density at radius 1 is 1.13 bits per heavy atom.